The maximum absolute atomic E-state index is 3.63. The molecule has 1 N–H and O–H groups in total. The summed E-state index contributed by atoms with van der Waals surface area (Å²) in [5, 5.41) is 3.63. The van der Waals surface area contributed by atoms with E-state index in [9.17, 15) is 0 Å². The summed E-state index contributed by atoms with van der Waals surface area (Å²) in [6.07, 6.45) is 11.5. The predicted molar refractivity (Wildman–Crippen MR) is 78.9 cm³/mol. The third-order valence-electron chi connectivity index (χ3n) is 5.17. The van der Waals surface area contributed by atoms with Crippen molar-refractivity contribution in [2.75, 3.05) is 26.2 Å². The van der Waals surface area contributed by atoms with Gasteiger partial charge in [-0.25, -0.2) is 0 Å². The van der Waals surface area contributed by atoms with Crippen molar-refractivity contribution in [2.24, 2.45) is 5.41 Å². The minimum Gasteiger partial charge on any atom is -0.316 e. The summed E-state index contributed by atoms with van der Waals surface area (Å²) in [7, 11) is 0. The Balaban J connectivity index is 1.94. The second kappa shape index (κ2) is 6.91. The van der Waals surface area contributed by atoms with E-state index in [-0.39, 0.29) is 0 Å². The Hall–Kier alpha value is -0.0800. The Kier molecular flexibility index (Phi) is 5.50. The molecule has 2 aliphatic rings. The van der Waals surface area contributed by atoms with Gasteiger partial charge in [-0.05, 0) is 50.6 Å². The molecule has 0 spiro atoms. The van der Waals surface area contributed by atoms with Gasteiger partial charge in [0.15, 0.2) is 0 Å². The molecule has 2 nitrogen and oxygen atoms in total. The summed E-state index contributed by atoms with van der Waals surface area (Å²) < 4.78 is 0. The summed E-state index contributed by atoms with van der Waals surface area (Å²) in [6.45, 7) is 9.69. The van der Waals surface area contributed by atoms with Gasteiger partial charge in [-0.15, -0.1) is 0 Å². The molecule has 1 saturated heterocycles. The molecule has 1 aliphatic carbocycles. The normalized spacial score (nSPS) is 28.7. The summed E-state index contributed by atoms with van der Waals surface area (Å²) in [5.74, 6) is 0. The van der Waals surface area contributed by atoms with Crippen LogP contribution in [0.3, 0.4) is 0 Å². The highest BCUT2D eigenvalue weighted by Crippen LogP contribution is 2.39. The van der Waals surface area contributed by atoms with Crippen LogP contribution in [0.25, 0.3) is 0 Å². The van der Waals surface area contributed by atoms with E-state index in [0.29, 0.717) is 5.41 Å². The van der Waals surface area contributed by atoms with E-state index in [2.05, 4.69) is 24.1 Å². The fourth-order valence-electron chi connectivity index (χ4n) is 4.07. The Morgan fingerprint density at radius 1 is 1.11 bits per heavy atom. The van der Waals surface area contributed by atoms with Gasteiger partial charge in [-0.3, -0.25) is 4.90 Å². The van der Waals surface area contributed by atoms with Gasteiger partial charge in [0.05, 0.1) is 0 Å². The zero-order valence-corrected chi connectivity index (χ0v) is 12.5. The SMILES string of the molecule is CCNCC1(CN2CCCCC2CC)CCCC1. The van der Waals surface area contributed by atoms with Crippen LogP contribution in [-0.4, -0.2) is 37.1 Å². The molecule has 1 saturated carbocycles. The molecule has 106 valence electrons. The molecule has 2 heteroatoms. The lowest BCUT2D eigenvalue weighted by atomic mass is 9.83. The van der Waals surface area contributed by atoms with E-state index in [4.69, 9.17) is 0 Å². The van der Waals surface area contributed by atoms with E-state index in [1.807, 2.05) is 0 Å². The van der Waals surface area contributed by atoms with Gasteiger partial charge in [0.2, 0.25) is 0 Å². The largest absolute Gasteiger partial charge is 0.316 e. The van der Waals surface area contributed by atoms with Gasteiger partial charge < -0.3 is 5.32 Å². The number of nitrogens with zero attached hydrogens (tertiary/aromatic N) is 1. The van der Waals surface area contributed by atoms with Crippen LogP contribution in [0.2, 0.25) is 0 Å². The first-order chi connectivity index (χ1) is 8.79. The maximum atomic E-state index is 3.63. The molecule has 0 aromatic rings. The van der Waals surface area contributed by atoms with E-state index in [0.717, 1.165) is 12.6 Å². The number of rotatable bonds is 6. The monoisotopic (exact) mass is 252 g/mol. The first-order valence-electron chi connectivity index (χ1n) is 8.24. The molecule has 0 radical (unpaired) electrons. The summed E-state index contributed by atoms with van der Waals surface area (Å²) in [4.78, 5) is 2.83. The zero-order valence-electron chi connectivity index (χ0n) is 12.5. The average molecular weight is 252 g/mol. The minimum atomic E-state index is 0.598. The van der Waals surface area contributed by atoms with Crippen LogP contribution >= 0.6 is 0 Å². The van der Waals surface area contributed by atoms with Crippen molar-refractivity contribution in [3.8, 4) is 0 Å². The van der Waals surface area contributed by atoms with Gasteiger partial charge in [0.1, 0.15) is 0 Å². The van der Waals surface area contributed by atoms with E-state index in [1.165, 1.54) is 71.0 Å². The number of piperidine rings is 1. The molecule has 2 fully saturated rings. The van der Waals surface area contributed by atoms with E-state index < -0.39 is 0 Å². The highest BCUT2D eigenvalue weighted by molar-refractivity contribution is 4.91. The topological polar surface area (TPSA) is 15.3 Å². The molecule has 1 atom stereocenters. The first kappa shape index (κ1) is 14.3. The van der Waals surface area contributed by atoms with E-state index in [1.54, 1.807) is 0 Å². The van der Waals surface area contributed by atoms with Crippen molar-refractivity contribution in [3.63, 3.8) is 0 Å². The highest BCUT2D eigenvalue weighted by atomic mass is 15.2. The van der Waals surface area contributed by atoms with Crippen molar-refractivity contribution in [1.29, 1.82) is 0 Å². The number of likely N-dealkylation sites (tertiary alicyclic amines) is 1. The highest BCUT2D eigenvalue weighted by Gasteiger charge is 2.36. The van der Waals surface area contributed by atoms with E-state index >= 15 is 0 Å². The molecule has 18 heavy (non-hydrogen) atoms. The van der Waals surface area contributed by atoms with Crippen molar-refractivity contribution in [3.05, 3.63) is 0 Å². The lowest BCUT2D eigenvalue weighted by Gasteiger charge is -2.42. The third-order valence-corrected chi connectivity index (χ3v) is 5.17. The Bertz CT molecular complexity index is 233. The molecule has 0 aromatic heterocycles. The quantitative estimate of drug-likeness (QED) is 0.779. The molecule has 0 bridgehead atoms. The van der Waals surface area contributed by atoms with Crippen molar-refractivity contribution in [2.45, 2.75) is 71.3 Å². The molecule has 0 amide bonds. The van der Waals surface area contributed by atoms with Crippen molar-refractivity contribution < 1.29 is 0 Å². The molecule has 1 aliphatic heterocycles. The lowest BCUT2D eigenvalue weighted by molar-refractivity contribution is 0.0792. The zero-order chi connectivity index (χ0) is 12.8. The molecular weight excluding hydrogens is 220 g/mol. The minimum absolute atomic E-state index is 0.598. The van der Waals surface area contributed by atoms with Crippen LogP contribution in [0, 0.1) is 5.41 Å². The second-order valence-corrected chi connectivity index (χ2v) is 6.52. The lowest BCUT2D eigenvalue weighted by Crippen LogP contribution is -2.48. The fourth-order valence-corrected chi connectivity index (χ4v) is 4.07. The number of hydrogen-bond donors (Lipinski definition) is 1. The van der Waals surface area contributed by atoms with Gasteiger partial charge in [-0.2, -0.15) is 0 Å². The van der Waals surface area contributed by atoms with Crippen LogP contribution in [0.5, 0.6) is 0 Å². The molecule has 2 rings (SSSR count). The smallest absolute Gasteiger partial charge is 0.00928 e. The maximum Gasteiger partial charge on any atom is 0.00928 e. The van der Waals surface area contributed by atoms with Gasteiger partial charge in [0.25, 0.3) is 0 Å². The van der Waals surface area contributed by atoms with Crippen LogP contribution in [-0.2, 0) is 0 Å². The standard InChI is InChI=1S/C16H32N2/c1-3-15-9-5-8-12-18(15)14-16(13-17-4-2)10-6-7-11-16/h15,17H,3-14H2,1-2H3. The summed E-state index contributed by atoms with van der Waals surface area (Å²) in [6, 6.07) is 0.873. The second-order valence-electron chi connectivity index (χ2n) is 6.52. The predicted octanol–water partition coefficient (Wildman–Crippen LogP) is 3.42. The number of hydrogen-bond acceptors (Lipinski definition) is 2. The van der Waals surface area contributed by atoms with Crippen LogP contribution < -0.4 is 5.32 Å². The third kappa shape index (κ3) is 3.48. The van der Waals surface area contributed by atoms with Crippen LogP contribution in [0.1, 0.15) is 65.2 Å². The summed E-state index contributed by atoms with van der Waals surface area (Å²) >= 11 is 0. The van der Waals surface area contributed by atoms with Crippen molar-refractivity contribution >= 4 is 0 Å². The van der Waals surface area contributed by atoms with Crippen LogP contribution in [0.4, 0.5) is 0 Å². The molecule has 1 heterocycles. The Morgan fingerprint density at radius 2 is 1.89 bits per heavy atom. The summed E-state index contributed by atoms with van der Waals surface area (Å²) in [5.41, 5.74) is 0.598. The fraction of sp³-hybridized carbons (Fsp3) is 1.00. The van der Waals surface area contributed by atoms with Crippen LogP contribution in [0.15, 0.2) is 0 Å². The Morgan fingerprint density at radius 3 is 2.56 bits per heavy atom. The average Bonchev–Trinajstić information content (AvgIpc) is 2.86. The van der Waals surface area contributed by atoms with Crippen molar-refractivity contribution in [1.82, 2.24) is 10.2 Å². The van der Waals surface area contributed by atoms with Gasteiger partial charge in [0, 0.05) is 19.1 Å². The molecule has 1 unspecified atom stereocenters. The number of nitrogens with one attached hydrogen (secondary N) is 1. The van der Waals surface area contributed by atoms with Gasteiger partial charge >= 0.3 is 0 Å². The molecule has 0 aromatic carbocycles. The Labute approximate surface area is 114 Å². The first-order valence-corrected chi connectivity index (χ1v) is 8.24. The molecular formula is C16H32N2. The van der Waals surface area contributed by atoms with Gasteiger partial charge in [-0.1, -0.05) is 33.1 Å².